The van der Waals surface area contributed by atoms with Crippen LogP contribution in [0.25, 0.3) is 0 Å². The molecule has 0 unspecified atom stereocenters. The van der Waals surface area contributed by atoms with Gasteiger partial charge in [-0.05, 0) is 42.0 Å². The summed E-state index contributed by atoms with van der Waals surface area (Å²) >= 11 is 0. The lowest BCUT2D eigenvalue weighted by Gasteiger charge is -2.10. The Labute approximate surface area is 148 Å². The standard InChI is InChI=1S/C20H23N3O2/c1-13(2)17-10-8-16(9-11-17)12-21-23-20(25)19(24)22-18-14(3)6-5-7-15(18)4/h5-13H,1-4H3,(H,22,24)(H,23,25)/b21-12+. The van der Waals surface area contributed by atoms with Gasteiger partial charge in [-0.15, -0.1) is 0 Å². The minimum absolute atomic E-state index is 0.458. The number of para-hydroxylation sites is 1. The van der Waals surface area contributed by atoms with Gasteiger partial charge in [-0.1, -0.05) is 56.3 Å². The topological polar surface area (TPSA) is 70.6 Å². The molecule has 0 aliphatic carbocycles. The summed E-state index contributed by atoms with van der Waals surface area (Å²) in [6, 6.07) is 13.5. The predicted octanol–water partition coefficient (Wildman–Crippen LogP) is 3.52. The molecule has 0 saturated heterocycles. The number of anilines is 1. The van der Waals surface area contributed by atoms with E-state index in [4.69, 9.17) is 0 Å². The molecule has 0 atom stereocenters. The summed E-state index contributed by atoms with van der Waals surface area (Å²) in [6.07, 6.45) is 1.51. The van der Waals surface area contributed by atoms with Gasteiger partial charge in [-0.25, -0.2) is 5.43 Å². The second-order valence-electron chi connectivity index (χ2n) is 6.24. The van der Waals surface area contributed by atoms with E-state index in [2.05, 4.69) is 29.7 Å². The van der Waals surface area contributed by atoms with E-state index in [0.29, 0.717) is 11.6 Å². The molecule has 0 bridgehead atoms. The van der Waals surface area contributed by atoms with Gasteiger partial charge >= 0.3 is 11.8 Å². The second-order valence-corrected chi connectivity index (χ2v) is 6.24. The molecular weight excluding hydrogens is 314 g/mol. The highest BCUT2D eigenvalue weighted by Gasteiger charge is 2.15. The van der Waals surface area contributed by atoms with Gasteiger partial charge in [0.15, 0.2) is 0 Å². The number of amides is 2. The highest BCUT2D eigenvalue weighted by atomic mass is 16.2. The van der Waals surface area contributed by atoms with Crippen LogP contribution >= 0.6 is 0 Å². The van der Waals surface area contributed by atoms with Gasteiger partial charge < -0.3 is 5.32 Å². The first-order chi connectivity index (χ1) is 11.9. The van der Waals surface area contributed by atoms with Crippen molar-refractivity contribution >= 4 is 23.7 Å². The lowest BCUT2D eigenvalue weighted by Crippen LogP contribution is -2.32. The molecule has 0 fully saturated rings. The van der Waals surface area contributed by atoms with E-state index in [0.717, 1.165) is 16.7 Å². The second kappa shape index (κ2) is 8.24. The van der Waals surface area contributed by atoms with Gasteiger partial charge in [0.25, 0.3) is 0 Å². The van der Waals surface area contributed by atoms with Crippen molar-refractivity contribution in [3.63, 3.8) is 0 Å². The molecule has 25 heavy (non-hydrogen) atoms. The summed E-state index contributed by atoms with van der Waals surface area (Å²) in [6.45, 7) is 8.00. The monoisotopic (exact) mass is 337 g/mol. The molecule has 0 radical (unpaired) electrons. The van der Waals surface area contributed by atoms with Crippen LogP contribution in [0, 0.1) is 13.8 Å². The third-order valence-electron chi connectivity index (χ3n) is 3.91. The number of aryl methyl sites for hydroxylation is 2. The lowest BCUT2D eigenvalue weighted by atomic mass is 10.0. The van der Waals surface area contributed by atoms with Crippen molar-refractivity contribution in [3.8, 4) is 0 Å². The molecule has 5 nitrogen and oxygen atoms in total. The Morgan fingerprint density at radius 1 is 0.960 bits per heavy atom. The van der Waals surface area contributed by atoms with Crippen molar-refractivity contribution in [2.75, 3.05) is 5.32 Å². The molecule has 0 aromatic heterocycles. The van der Waals surface area contributed by atoms with Crippen LogP contribution in [0.4, 0.5) is 5.69 Å². The van der Waals surface area contributed by atoms with Gasteiger partial charge in [-0.2, -0.15) is 5.10 Å². The normalized spacial score (nSPS) is 10.9. The Morgan fingerprint density at radius 2 is 1.56 bits per heavy atom. The summed E-state index contributed by atoms with van der Waals surface area (Å²) in [7, 11) is 0. The van der Waals surface area contributed by atoms with E-state index < -0.39 is 11.8 Å². The number of carbonyl (C=O) groups is 2. The Balaban J connectivity index is 1.94. The number of hydrazone groups is 1. The molecule has 2 aromatic carbocycles. The fourth-order valence-corrected chi connectivity index (χ4v) is 2.37. The van der Waals surface area contributed by atoms with E-state index in [9.17, 15) is 9.59 Å². The van der Waals surface area contributed by atoms with Crippen molar-refractivity contribution in [1.82, 2.24) is 5.43 Å². The molecule has 0 aliphatic heterocycles. The Kier molecular flexibility index (Phi) is 6.06. The highest BCUT2D eigenvalue weighted by molar-refractivity contribution is 6.39. The SMILES string of the molecule is Cc1cccc(C)c1NC(=O)C(=O)N/N=C/c1ccc(C(C)C)cc1. The van der Waals surface area contributed by atoms with Crippen LogP contribution in [0.5, 0.6) is 0 Å². The number of carbonyl (C=O) groups excluding carboxylic acids is 2. The maximum Gasteiger partial charge on any atom is 0.329 e. The summed E-state index contributed by atoms with van der Waals surface area (Å²) < 4.78 is 0. The zero-order chi connectivity index (χ0) is 18.4. The third-order valence-corrected chi connectivity index (χ3v) is 3.91. The van der Waals surface area contributed by atoms with Crippen molar-refractivity contribution in [2.24, 2.45) is 5.10 Å². The van der Waals surface area contributed by atoms with E-state index in [-0.39, 0.29) is 0 Å². The fourth-order valence-electron chi connectivity index (χ4n) is 2.37. The Morgan fingerprint density at radius 3 is 2.12 bits per heavy atom. The molecule has 0 spiro atoms. The number of nitrogens with one attached hydrogen (secondary N) is 2. The Hall–Kier alpha value is -2.95. The summed E-state index contributed by atoms with van der Waals surface area (Å²) in [5, 5.41) is 6.46. The molecule has 2 N–H and O–H groups in total. The average molecular weight is 337 g/mol. The van der Waals surface area contributed by atoms with Crippen molar-refractivity contribution < 1.29 is 9.59 Å². The average Bonchev–Trinajstić information content (AvgIpc) is 2.58. The number of nitrogens with zero attached hydrogens (tertiary/aromatic N) is 1. The van der Waals surface area contributed by atoms with Gasteiger partial charge in [0.05, 0.1) is 6.21 Å². The highest BCUT2D eigenvalue weighted by Crippen LogP contribution is 2.19. The maximum atomic E-state index is 12.0. The summed E-state index contributed by atoms with van der Waals surface area (Å²) in [5.41, 5.74) is 6.77. The van der Waals surface area contributed by atoms with Gasteiger partial charge in [0.2, 0.25) is 0 Å². The van der Waals surface area contributed by atoms with Crippen molar-refractivity contribution in [3.05, 3.63) is 64.7 Å². The zero-order valence-corrected chi connectivity index (χ0v) is 15.0. The van der Waals surface area contributed by atoms with Crippen LogP contribution in [0.15, 0.2) is 47.6 Å². The van der Waals surface area contributed by atoms with Crippen LogP contribution in [0.1, 0.15) is 42.0 Å². The van der Waals surface area contributed by atoms with Crippen LogP contribution in [0.2, 0.25) is 0 Å². The smallest absolute Gasteiger partial charge is 0.317 e. The molecule has 5 heteroatoms. The van der Waals surface area contributed by atoms with E-state index >= 15 is 0 Å². The molecule has 0 heterocycles. The minimum atomic E-state index is -0.808. The van der Waals surface area contributed by atoms with Crippen molar-refractivity contribution in [2.45, 2.75) is 33.6 Å². The first-order valence-electron chi connectivity index (χ1n) is 8.19. The van der Waals surface area contributed by atoms with Gasteiger partial charge in [0.1, 0.15) is 0 Å². The summed E-state index contributed by atoms with van der Waals surface area (Å²) in [5.74, 6) is -1.10. The van der Waals surface area contributed by atoms with Crippen LogP contribution in [0.3, 0.4) is 0 Å². The number of hydrogen-bond donors (Lipinski definition) is 2. The summed E-state index contributed by atoms with van der Waals surface area (Å²) in [4.78, 5) is 23.8. The number of hydrogen-bond acceptors (Lipinski definition) is 3. The molecule has 0 aliphatic rings. The van der Waals surface area contributed by atoms with Crippen LogP contribution < -0.4 is 10.7 Å². The first kappa shape index (κ1) is 18.4. The molecule has 130 valence electrons. The molecule has 2 amide bonds. The minimum Gasteiger partial charge on any atom is -0.317 e. The van der Waals surface area contributed by atoms with Gasteiger partial charge in [0, 0.05) is 5.69 Å². The van der Waals surface area contributed by atoms with E-state index in [1.165, 1.54) is 11.8 Å². The molecular formula is C20H23N3O2. The van der Waals surface area contributed by atoms with E-state index in [1.807, 2.05) is 56.3 Å². The van der Waals surface area contributed by atoms with Crippen molar-refractivity contribution in [1.29, 1.82) is 0 Å². The largest absolute Gasteiger partial charge is 0.329 e. The maximum absolute atomic E-state index is 12.0. The number of benzene rings is 2. The van der Waals surface area contributed by atoms with E-state index in [1.54, 1.807) is 0 Å². The van der Waals surface area contributed by atoms with Crippen LogP contribution in [-0.2, 0) is 9.59 Å². The van der Waals surface area contributed by atoms with Gasteiger partial charge in [-0.3, -0.25) is 9.59 Å². The molecule has 0 saturated carbocycles. The fraction of sp³-hybridized carbons (Fsp3) is 0.250. The Bertz CT molecular complexity index is 773. The molecule has 2 aromatic rings. The first-order valence-corrected chi connectivity index (χ1v) is 8.19. The quantitative estimate of drug-likeness (QED) is 0.509. The third kappa shape index (κ3) is 5.01. The number of rotatable bonds is 4. The van der Waals surface area contributed by atoms with Crippen LogP contribution in [-0.4, -0.2) is 18.0 Å². The molecule has 2 rings (SSSR count). The lowest BCUT2D eigenvalue weighted by molar-refractivity contribution is -0.136. The zero-order valence-electron chi connectivity index (χ0n) is 15.0. The predicted molar refractivity (Wildman–Crippen MR) is 101 cm³/mol.